The van der Waals surface area contributed by atoms with E-state index in [-0.39, 0.29) is 11.9 Å². The van der Waals surface area contributed by atoms with Gasteiger partial charge in [-0.15, -0.1) is 0 Å². The van der Waals surface area contributed by atoms with Gasteiger partial charge in [-0.25, -0.2) is 4.79 Å². The molecular formula is C14H27N3O6. The number of ether oxygens (including phenoxy) is 2. The first-order valence-electron chi connectivity index (χ1n) is 7.22. The van der Waals surface area contributed by atoms with Crippen molar-refractivity contribution in [1.29, 1.82) is 0 Å². The number of nitrogens with one attached hydrogen (secondary N) is 2. The van der Waals surface area contributed by atoms with E-state index in [0.717, 1.165) is 19.1 Å². The van der Waals surface area contributed by atoms with Gasteiger partial charge in [0.05, 0.1) is 20.3 Å². The number of amides is 2. The molecule has 0 aliphatic heterocycles. The smallest absolute Gasteiger partial charge is 0.406 e. The quantitative estimate of drug-likeness (QED) is 0.300. The number of nitrogens with two attached hydrogens (primary N) is 1. The maximum absolute atomic E-state index is 11.4. The molecular weight excluding hydrogens is 306 g/mol. The van der Waals surface area contributed by atoms with E-state index in [2.05, 4.69) is 20.1 Å². The van der Waals surface area contributed by atoms with Crippen molar-refractivity contribution in [2.75, 3.05) is 27.3 Å². The van der Waals surface area contributed by atoms with E-state index >= 15 is 0 Å². The number of aldehydes is 1. The number of carbonyl (C=O) groups is 4. The number of hydrogen-bond acceptors (Lipinski definition) is 7. The maximum Gasteiger partial charge on any atom is 0.406 e. The molecule has 0 aromatic heterocycles. The molecule has 0 spiro atoms. The van der Waals surface area contributed by atoms with Crippen molar-refractivity contribution in [3.05, 3.63) is 0 Å². The first kappa shape index (κ1) is 23.1. The van der Waals surface area contributed by atoms with Crippen LogP contribution in [0.15, 0.2) is 0 Å². The number of hydrogen-bond donors (Lipinski definition) is 3. The van der Waals surface area contributed by atoms with Crippen molar-refractivity contribution >= 4 is 24.3 Å². The van der Waals surface area contributed by atoms with E-state index in [1.54, 1.807) is 0 Å². The molecule has 1 unspecified atom stereocenters. The summed E-state index contributed by atoms with van der Waals surface area (Å²) < 4.78 is 8.51. The Kier molecular flexibility index (Phi) is 16.3. The molecule has 4 N–H and O–H groups in total. The minimum atomic E-state index is -0.574. The summed E-state index contributed by atoms with van der Waals surface area (Å²) in [6, 6.07) is -0.574. The van der Waals surface area contributed by atoms with E-state index in [0.29, 0.717) is 25.9 Å². The van der Waals surface area contributed by atoms with Crippen molar-refractivity contribution < 1.29 is 28.7 Å². The summed E-state index contributed by atoms with van der Waals surface area (Å²) in [7, 11) is 2.65. The summed E-state index contributed by atoms with van der Waals surface area (Å²) in [5, 5.41) is 5.10. The Morgan fingerprint density at radius 2 is 1.70 bits per heavy atom. The number of alkyl carbamates (subject to hydrolysis) is 1. The third-order valence-electron chi connectivity index (χ3n) is 2.58. The van der Waals surface area contributed by atoms with E-state index < -0.39 is 12.1 Å². The highest BCUT2D eigenvalue weighted by Crippen LogP contribution is 1.98. The molecule has 0 radical (unpaired) electrons. The molecule has 0 heterocycles. The highest BCUT2D eigenvalue weighted by atomic mass is 16.5. The van der Waals surface area contributed by atoms with Crippen LogP contribution in [0.1, 0.15) is 32.6 Å². The Labute approximate surface area is 136 Å². The molecule has 9 nitrogen and oxygen atoms in total. The fourth-order valence-electron chi connectivity index (χ4n) is 1.27. The van der Waals surface area contributed by atoms with E-state index in [4.69, 9.17) is 5.73 Å². The van der Waals surface area contributed by atoms with Gasteiger partial charge in [0, 0.05) is 26.4 Å². The Morgan fingerprint density at radius 1 is 1.09 bits per heavy atom. The highest BCUT2D eigenvalue weighted by molar-refractivity contribution is 5.81. The maximum atomic E-state index is 11.4. The van der Waals surface area contributed by atoms with Gasteiger partial charge in [-0.2, -0.15) is 0 Å². The second kappa shape index (κ2) is 16.2. The summed E-state index contributed by atoms with van der Waals surface area (Å²) in [6.07, 6.45) is 2.56. The third-order valence-corrected chi connectivity index (χ3v) is 2.58. The Balaban J connectivity index is 0. The van der Waals surface area contributed by atoms with Gasteiger partial charge < -0.3 is 30.6 Å². The van der Waals surface area contributed by atoms with Crippen LogP contribution in [-0.2, 0) is 23.9 Å². The van der Waals surface area contributed by atoms with Gasteiger partial charge in [-0.05, 0) is 19.3 Å². The molecule has 9 heteroatoms. The van der Waals surface area contributed by atoms with Crippen molar-refractivity contribution in [3.8, 4) is 0 Å². The predicted octanol–water partition coefficient (Wildman–Crippen LogP) is -0.275. The summed E-state index contributed by atoms with van der Waals surface area (Å²) in [5.41, 5.74) is 5.66. The molecule has 0 aromatic carbocycles. The Bertz CT molecular complexity index is 362. The second-order valence-corrected chi connectivity index (χ2v) is 4.46. The molecule has 2 amide bonds. The van der Waals surface area contributed by atoms with Gasteiger partial charge in [-0.1, -0.05) is 0 Å². The molecule has 0 saturated heterocycles. The van der Waals surface area contributed by atoms with Crippen molar-refractivity contribution in [3.63, 3.8) is 0 Å². The molecule has 23 heavy (non-hydrogen) atoms. The number of rotatable bonds is 9. The summed E-state index contributed by atoms with van der Waals surface area (Å²) in [6.45, 7) is 2.17. The lowest BCUT2D eigenvalue weighted by atomic mass is 10.1. The molecule has 134 valence electrons. The fourth-order valence-corrected chi connectivity index (χ4v) is 1.27. The third kappa shape index (κ3) is 17.8. The van der Waals surface area contributed by atoms with Crippen molar-refractivity contribution in [1.82, 2.24) is 10.6 Å². The summed E-state index contributed by atoms with van der Waals surface area (Å²) in [5.74, 6) is -0.497. The monoisotopic (exact) mass is 333 g/mol. The van der Waals surface area contributed by atoms with Crippen LogP contribution in [0.5, 0.6) is 0 Å². The number of carbonyl (C=O) groups excluding carboxylic acids is 4. The Morgan fingerprint density at radius 3 is 2.17 bits per heavy atom. The van der Waals surface area contributed by atoms with E-state index in [9.17, 15) is 19.2 Å². The topological polar surface area (TPSA) is 137 Å². The minimum Gasteiger partial charge on any atom is -0.469 e. The van der Waals surface area contributed by atoms with Crippen LogP contribution in [0.3, 0.4) is 0 Å². The zero-order valence-electron chi connectivity index (χ0n) is 13.9. The minimum absolute atomic E-state index is 0.245. The van der Waals surface area contributed by atoms with Crippen LogP contribution < -0.4 is 16.4 Å². The molecule has 1 atom stereocenters. The largest absolute Gasteiger partial charge is 0.469 e. The zero-order chi connectivity index (χ0) is 18.1. The molecule has 0 fully saturated rings. The van der Waals surface area contributed by atoms with Gasteiger partial charge in [0.15, 0.2) is 0 Å². The summed E-state index contributed by atoms with van der Waals surface area (Å²) in [4.78, 5) is 41.8. The SMILES string of the molecule is COC(=O)NCCCCC(N)C(=O)NCCC=O.COC(C)=O. The molecule has 0 aliphatic carbocycles. The van der Waals surface area contributed by atoms with Gasteiger partial charge in [0.1, 0.15) is 6.29 Å². The Hall–Kier alpha value is -2.16. The second-order valence-electron chi connectivity index (χ2n) is 4.46. The highest BCUT2D eigenvalue weighted by Gasteiger charge is 2.11. The molecule has 0 saturated carbocycles. The lowest BCUT2D eigenvalue weighted by Crippen LogP contribution is -2.41. The average Bonchev–Trinajstić information content (AvgIpc) is 2.54. The average molecular weight is 333 g/mol. The standard InChI is InChI=1S/C11H21N3O4.C3H6O2/c1-18-11(17)14-6-3-2-5-9(12)10(16)13-7-4-8-15;1-3(4)5-2/h8-9H,2-7,12H2,1H3,(H,13,16)(H,14,17);1-2H3. The molecule has 0 bridgehead atoms. The van der Waals surface area contributed by atoms with Gasteiger partial charge in [-0.3, -0.25) is 9.59 Å². The van der Waals surface area contributed by atoms with Gasteiger partial charge in [0.25, 0.3) is 0 Å². The fraction of sp³-hybridized carbons (Fsp3) is 0.714. The van der Waals surface area contributed by atoms with Crippen molar-refractivity contribution in [2.24, 2.45) is 5.73 Å². The predicted molar refractivity (Wildman–Crippen MR) is 83.6 cm³/mol. The first-order valence-corrected chi connectivity index (χ1v) is 7.22. The lowest BCUT2D eigenvalue weighted by molar-refractivity contribution is -0.138. The van der Waals surface area contributed by atoms with Crippen LogP contribution in [0.4, 0.5) is 4.79 Å². The molecule has 0 aromatic rings. The first-order chi connectivity index (χ1) is 10.9. The van der Waals surface area contributed by atoms with Gasteiger partial charge >= 0.3 is 12.1 Å². The van der Waals surface area contributed by atoms with Crippen LogP contribution in [0.2, 0.25) is 0 Å². The van der Waals surface area contributed by atoms with Crippen LogP contribution in [0, 0.1) is 0 Å². The summed E-state index contributed by atoms with van der Waals surface area (Å²) >= 11 is 0. The zero-order valence-corrected chi connectivity index (χ0v) is 13.9. The molecule has 0 rings (SSSR count). The van der Waals surface area contributed by atoms with Crippen molar-refractivity contribution in [2.45, 2.75) is 38.6 Å². The van der Waals surface area contributed by atoms with E-state index in [1.807, 2.05) is 0 Å². The number of methoxy groups -OCH3 is 2. The van der Waals surface area contributed by atoms with Crippen LogP contribution in [-0.4, -0.2) is 57.6 Å². The number of unbranched alkanes of at least 4 members (excludes halogenated alkanes) is 1. The lowest BCUT2D eigenvalue weighted by Gasteiger charge is -2.11. The van der Waals surface area contributed by atoms with Crippen LogP contribution in [0.25, 0.3) is 0 Å². The number of esters is 1. The van der Waals surface area contributed by atoms with Crippen LogP contribution >= 0.6 is 0 Å². The normalized spacial score (nSPS) is 10.4. The molecule has 0 aliphatic rings. The van der Waals surface area contributed by atoms with E-state index in [1.165, 1.54) is 21.1 Å². The van der Waals surface area contributed by atoms with Gasteiger partial charge in [0.2, 0.25) is 5.91 Å².